The molecule has 0 saturated heterocycles. The first kappa shape index (κ1) is 17.0. The van der Waals surface area contributed by atoms with E-state index in [2.05, 4.69) is 0 Å². The number of thiazole rings is 1. The Bertz CT molecular complexity index is 870. The molecule has 1 aromatic carbocycles. The molecule has 0 spiro atoms. The molecule has 4 nitrogen and oxygen atoms in total. The van der Waals surface area contributed by atoms with Crippen LogP contribution in [0.15, 0.2) is 39.9 Å². The molecule has 0 atom stereocenters. The first-order valence-electron chi connectivity index (χ1n) is 7.03. The standard InChI is InChI=1S/C17H15NO3S3/c1-20-13-7-5-4-6-10(13)12-9-23-15(18-12)11-8-14(16(19)21-2)24-17(11)22-3/h4-9H,1-3H3. The number of para-hydroxylation sites is 1. The Labute approximate surface area is 152 Å². The van der Waals surface area contributed by atoms with Gasteiger partial charge in [-0.15, -0.1) is 34.4 Å². The molecule has 0 unspecified atom stereocenters. The number of thiophene rings is 1. The van der Waals surface area contributed by atoms with E-state index in [1.165, 1.54) is 18.4 Å². The second kappa shape index (κ2) is 7.38. The Morgan fingerprint density at radius 2 is 2.00 bits per heavy atom. The third kappa shape index (κ3) is 3.19. The zero-order chi connectivity index (χ0) is 17.1. The molecule has 0 aliphatic carbocycles. The van der Waals surface area contributed by atoms with E-state index >= 15 is 0 Å². The number of benzene rings is 1. The van der Waals surface area contributed by atoms with Crippen LogP contribution in [-0.4, -0.2) is 31.4 Å². The van der Waals surface area contributed by atoms with Gasteiger partial charge in [0.2, 0.25) is 0 Å². The summed E-state index contributed by atoms with van der Waals surface area (Å²) in [6.45, 7) is 0. The summed E-state index contributed by atoms with van der Waals surface area (Å²) < 4.78 is 11.3. The molecule has 0 amide bonds. The van der Waals surface area contributed by atoms with Crippen molar-refractivity contribution in [2.75, 3.05) is 20.5 Å². The van der Waals surface area contributed by atoms with Crippen LogP contribution < -0.4 is 4.74 Å². The molecule has 0 N–H and O–H groups in total. The average Bonchev–Trinajstić information content (AvgIpc) is 3.27. The predicted molar refractivity (Wildman–Crippen MR) is 101 cm³/mol. The third-order valence-corrected chi connectivity index (χ3v) is 6.51. The molecular formula is C17H15NO3S3. The topological polar surface area (TPSA) is 48.4 Å². The second-order valence-electron chi connectivity index (χ2n) is 4.75. The van der Waals surface area contributed by atoms with Crippen LogP contribution in [0.2, 0.25) is 0 Å². The minimum Gasteiger partial charge on any atom is -0.496 e. The SMILES string of the molecule is COC(=O)c1cc(-c2nc(-c3ccccc3OC)cs2)c(SC)s1. The predicted octanol–water partition coefficient (Wildman–Crippen LogP) is 5.06. The van der Waals surface area contributed by atoms with Gasteiger partial charge in [-0.05, 0) is 24.5 Å². The lowest BCUT2D eigenvalue weighted by atomic mass is 10.1. The number of hydrogen-bond donors (Lipinski definition) is 0. The van der Waals surface area contributed by atoms with E-state index in [-0.39, 0.29) is 5.97 Å². The van der Waals surface area contributed by atoms with Crippen molar-refractivity contribution in [3.8, 4) is 27.6 Å². The van der Waals surface area contributed by atoms with Crippen molar-refractivity contribution in [3.63, 3.8) is 0 Å². The first-order valence-corrected chi connectivity index (χ1v) is 9.95. The van der Waals surface area contributed by atoms with Crippen LogP contribution in [0.25, 0.3) is 21.8 Å². The Hall–Kier alpha value is -1.83. The Balaban J connectivity index is 2.02. The van der Waals surface area contributed by atoms with E-state index in [9.17, 15) is 4.79 Å². The van der Waals surface area contributed by atoms with Crippen molar-refractivity contribution in [3.05, 3.63) is 40.6 Å². The van der Waals surface area contributed by atoms with Gasteiger partial charge in [0.05, 0.1) is 24.1 Å². The van der Waals surface area contributed by atoms with Crippen LogP contribution in [-0.2, 0) is 4.74 Å². The Morgan fingerprint density at radius 1 is 1.21 bits per heavy atom. The van der Waals surface area contributed by atoms with Crippen molar-refractivity contribution in [1.29, 1.82) is 0 Å². The largest absolute Gasteiger partial charge is 0.496 e. The van der Waals surface area contributed by atoms with E-state index in [1.54, 1.807) is 30.2 Å². The van der Waals surface area contributed by atoms with Gasteiger partial charge in [-0.25, -0.2) is 9.78 Å². The van der Waals surface area contributed by atoms with Crippen LogP contribution >= 0.6 is 34.4 Å². The maximum atomic E-state index is 11.8. The quantitative estimate of drug-likeness (QED) is 0.460. The van der Waals surface area contributed by atoms with Crippen LogP contribution in [0.3, 0.4) is 0 Å². The summed E-state index contributed by atoms with van der Waals surface area (Å²) >= 11 is 4.59. The van der Waals surface area contributed by atoms with Gasteiger partial charge in [-0.1, -0.05) is 12.1 Å². The summed E-state index contributed by atoms with van der Waals surface area (Å²) in [4.78, 5) is 17.1. The highest BCUT2D eigenvalue weighted by Gasteiger charge is 2.19. The third-order valence-electron chi connectivity index (χ3n) is 3.39. The number of methoxy groups -OCH3 is 2. The number of rotatable bonds is 5. The van der Waals surface area contributed by atoms with Gasteiger partial charge in [-0.3, -0.25) is 0 Å². The van der Waals surface area contributed by atoms with Gasteiger partial charge in [-0.2, -0.15) is 0 Å². The molecule has 24 heavy (non-hydrogen) atoms. The van der Waals surface area contributed by atoms with Crippen LogP contribution in [0.4, 0.5) is 0 Å². The number of carbonyl (C=O) groups is 1. The van der Waals surface area contributed by atoms with Crippen molar-refractivity contribution in [1.82, 2.24) is 4.98 Å². The molecule has 0 fully saturated rings. The summed E-state index contributed by atoms with van der Waals surface area (Å²) in [5.41, 5.74) is 2.79. The zero-order valence-corrected chi connectivity index (χ0v) is 15.8. The maximum absolute atomic E-state index is 11.8. The Kier molecular flexibility index (Phi) is 5.23. The smallest absolute Gasteiger partial charge is 0.348 e. The van der Waals surface area contributed by atoms with Gasteiger partial charge in [0.25, 0.3) is 0 Å². The van der Waals surface area contributed by atoms with E-state index in [4.69, 9.17) is 14.5 Å². The molecule has 7 heteroatoms. The van der Waals surface area contributed by atoms with Gasteiger partial charge < -0.3 is 9.47 Å². The monoisotopic (exact) mass is 377 g/mol. The average molecular weight is 378 g/mol. The molecule has 3 rings (SSSR count). The lowest BCUT2D eigenvalue weighted by Gasteiger charge is -2.04. The summed E-state index contributed by atoms with van der Waals surface area (Å²) in [5.74, 6) is 0.475. The number of nitrogens with zero attached hydrogens (tertiary/aromatic N) is 1. The van der Waals surface area contributed by atoms with E-state index < -0.39 is 0 Å². The zero-order valence-electron chi connectivity index (χ0n) is 13.4. The molecule has 0 aliphatic heterocycles. The number of carbonyl (C=O) groups excluding carboxylic acids is 1. The lowest BCUT2D eigenvalue weighted by Crippen LogP contribution is -1.96. The van der Waals surface area contributed by atoms with Crippen LogP contribution in [0, 0.1) is 0 Å². The fraction of sp³-hybridized carbons (Fsp3) is 0.176. The van der Waals surface area contributed by atoms with Crippen molar-refractivity contribution < 1.29 is 14.3 Å². The first-order chi connectivity index (χ1) is 11.7. The van der Waals surface area contributed by atoms with Crippen molar-refractivity contribution in [2.24, 2.45) is 0 Å². The molecule has 0 bridgehead atoms. The van der Waals surface area contributed by atoms with Crippen LogP contribution in [0.5, 0.6) is 5.75 Å². The normalized spacial score (nSPS) is 10.6. The molecule has 0 radical (unpaired) electrons. The minimum absolute atomic E-state index is 0.317. The lowest BCUT2D eigenvalue weighted by molar-refractivity contribution is 0.0606. The number of thioether (sulfide) groups is 1. The van der Waals surface area contributed by atoms with Gasteiger partial charge in [0, 0.05) is 16.5 Å². The molecular weight excluding hydrogens is 362 g/mol. The highest BCUT2D eigenvalue weighted by Crippen LogP contribution is 2.41. The molecule has 3 aromatic rings. The summed E-state index contributed by atoms with van der Waals surface area (Å²) in [6, 6.07) is 9.66. The highest BCUT2D eigenvalue weighted by atomic mass is 32.2. The maximum Gasteiger partial charge on any atom is 0.348 e. The highest BCUT2D eigenvalue weighted by molar-refractivity contribution is 8.00. The molecule has 124 valence electrons. The number of ether oxygens (including phenoxy) is 2. The second-order valence-corrected chi connectivity index (χ2v) is 7.73. The van der Waals surface area contributed by atoms with Gasteiger partial charge >= 0.3 is 5.97 Å². The van der Waals surface area contributed by atoms with Crippen molar-refractivity contribution >= 4 is 40.4 Å². The molecule has 0 saturated carbocycles. The molecule has 0 aliphatic rings. The number of esters is 1. The molecule has 2 heterocycles. The molecule has 2 aromatic heterocycles. The number of aromatic nitrogens is 1. The summed E-state index contributed by atoms with van der Waals surface area (Å²) in [5, 5.41) is 2.89. The Morgan fingerprint density at radius 3 is 2.71 bits per heavy atom. The summed E-state index contributed by atoms with van der Waals surface area (Å²) in [6.07, 6.45) is 1.99. The number of hydrogen-bond acceptors (Lipinski definition) is 7. The fourth-order valence-electron chi connectivity index (χ4n) is 2.25. The fourth-order valence-corrected chi connectivity index (χ4v) is 5.01. The van der Waals surface area contributed by atoms with Crippen molar-refractivity contribution in [2.45, 2.75) is 4.21 Å². The van der Waals surface area contributed by atoms with E-state index in [0.717, 1.165) is 31.8 Å². The van der Waals surface area contributed by atoms with E-state index in [1.807, 2.05) is 42.0 Å². The van der Waals surface area contributed by atoms with Gasteiger partial charge in [0.1, 0.15) is 15.6 Å². The van der Waals surface area contributed by atoms with E-state index in [0.29, 0.717) is 4.88 Å². The van der Waals surface area contributed by atoms with Crippen LogP contribution in [0.1, 0.15) is 9.67 Å². The van der Waals surface area contributed by atoms with Gasteiger partial charge in [0.15, 0.2) is 0 Å². The summed E-state index contributed by atoms with van der Waals surface area (Å²) in [7, 11) is 3.04. The minimum atomic E-state index is -0.317.